The van der Waals surface area contributed by atoms with E-state index < -0.39 is 0 Å². The fraction of sp³-hybridized carbons (Fsp3) is 0.150. The number of hydrogen-bond acceptors (Lipinski definition) is 5. The molecule has 4 aromatic rings. The standard InChI is InChI=1S/C19H13NO4.CH4O/c1-20-8-14-11(4-5-15(21)19(14)22)12-3-2-10-6-16-17(24-9-23-16)7-13(10)18(12)20;1-2/h2-8,21H,9H2,1H3;2H,1H3/p+1. The molecule has 0 aliphatic carbocycles. The Morgan fingerprint density at radius 3 is 2.31 bits per heavy atom. The number of pyridine rings is 1. The van der Waals surface area contributed by atoms with Crippen LogP contribution in [0.3, 0.4) is 0 Å². The number of phenolic OH excluding ortho intramolecular Hbond substituents is 2. The molecule has 1 aromatic heterocycles. The van der Waals surface area contributed by atoms with Gasteiger partial charge < -0.3 is 24.8 Å². The number of ether oxygens (including phenoxy) is 2. The van der Waals surface area contributed by atoms with Gasteiger partial charge >= 0.3 is 0 Å². The van der Waals surface area contributed by atoms with Crippen LogP contribution >= 0.6 is 0 Å². The van der Waals surface area contributed by atoms with Crippen LogP contribution in [0.1, 0.15) is 0 Å². The third kappa shape index (κ3) is 2.19. The number of nitrogens with zero attached hydrogens (tertiary/aromatic N) is 1. The summed E-state index contributed by atoms with van der Waals surface area (Å²) in [6.07, 6.45) is 1.83. The van der Waals surface area contributed by atoms with Crippen molar-refractivity contribution in [3.8, 4) is 23.0 Å². The number of aliphatic hydroxyl groups is 1. The van der Waals surface area contributed by atoms with Crippen LogP contribution in [-0.4, -0.2) is 29.2 Å². The molecule has 0 atom stereocenters. The highest BCUT2D eigenvalue weighted by Crippen LogP contribution is 2.40. The summed E-state index contributed by atoms with van der Waals surface area (Å²) < 4.78 is 12.9. The summed E-state index contributed by atoms with van der Waals surface area (Å²) in [5.41, 5.74) is 1.03. The van der Waals surface area contributed by atoms with Crippen molar-refractivity contribution in [3.05, 3.63) is 42.6 Å². The van der Waals surface area contributed by atoms with Crippen LogP contribution in [-0.2, 0) is 7.05 Å². The second kappa shape index (κ2) is 5.93. The molecule has 6 heteroatoms. The number of phenols is 2. The SMILES string of the molecule is CO.C[n+]1cc2c(O)c(O)ccc2c2ccc3cc4c(cc3c21)OCO4. The second-order valence-electron chi connectivity index (χ2n) is 6.02. The highest BCUT2D eigenvalue weighted by Gasteiger charge is 2.21. The van der Waals surface area contributed by atoms with Gasteiger partial charge in [0.1, 0.15) is 7.05 Å². The van der Waals surface area contributed by atoms with Crippen LogP contribution in [0.5, 0.6) is 23.0 Å². The third-order valence-electron chi connectivity index (χ3n) is 4.65. The van der Waals surface area contributed by atoms with E-state index in [0.717, 1.165) is 45.7 Å². The molecule has 0 bridgehead atoms. The van der Waals surface area contributed by atoms with E-state index in [-0.39, 0.29) is 18.3 Å². The fourth-order valence-electron chi connectivity index (χ4n) is 3.52. The molecule has 2 heterocycles. The molecule has 132 valence electrons. The Bertz CT molecular complexity index is 1170. The number of fused-ring (bicyclic) bond motifs is 6. The van der Waals surface area contributed by atoms with Gasteiger partial charge in [-0.2, -0.15) is 4.57 Å². The maximum absolute atomic E-state index is 10.2. The second-order valence-corrected chi connectivity index (χ2v) is 6.02. The summed E-state index contributed by atoms with van der Waals surface area (Å²) >= 11 is 0. The first-order chi connectivity index (χ1) is 12.6. The lowest BCUT2D eigenvalue weighted by Crippen LogP contribution is -2.28. The van der Waals surface area contributed by atoms with Crippen molar-refractivity contribution >= 4 is 32.4 Å². The zero-order valence-corrected chi connectivity index (χ0v) is 14.4. The Hall–Kier alpha value is -3.25. The van der Waals surface area contributed by atoms with Crippen LogP contribution in [0.4, 0.5) is 0 Å². The van der Waals surface area contributed by atoms with Gasteiger partial charge in [0.2, 0.25) is 12.3 Å². The summed E-state index contributed by atoms with van der Waals surface area (Å²) in [6, 6.07) is 11.4. The molecule has 5 rings (SSSR count). The van der Waals surface area contributed by atoms with E-state index in [1.165, 1.54) is 6.07 Å². The molecule has 26 heavy (non-hydrogen) atoms. The summed E-state index contributed by atoms with van der Waals surface area (Å²) in [5, 5.41) is 31.6. The molecule has 1 aliphatic heterocycles. The monoisotopic (exact) mass is 352 g/mol. The molecule has 6 nitrogen and oxygen atoms in total. The highest BCUT2D eigenvalue weighted by atomic mass is 16.7. The third-order valence-corrected chi connectivity index (χ3v) is 4.65. The average Bonchev–Trinajstić information content (AvgIpc) is 3.12. The minimum atomic E-state index is -0.119. The van der Waals surface area contributed by atoms with E-state index in [4.69, 9.17) is 14.6 Å². The molecule has 1 aliphatic rings. The van der Waals surface area contributed by atoms with Crippen LogP contribution in [0.15, 0.2) is 42.6 Å². The van der Waals surface area contributed by atoms with Crippen molar-refractivity contribution in [1.29, 1.82) is 0 Å². The number of aromatic nitrogens is 1. The largest absolute Gasteiger partial charge is 0.504 e. The Labute approximate surface area is 149 Å². The molecule has 0 saturated carbocycles. The van der Waals surface area contributed by atoms with Crippen LogP contribution in [0.25, 0.3) is 32.4 Å². The van der Waals surface area contributed by atoms with Crippen LogP contribution in [0, 0.1) is 0 Å². The van der Waals surface area contributed by atoms with E-state index in [1.54, 1.807) is 0 Å². The minimum Gasteiger partial charge on any atom is -0.504 e. The summed E-state index contributed by atoms with van der Waals surface area (Å²) in [4.78, 5) is 0. The smallest absolute Gasteiger partial charge is 0.231 e. The molecular weight excluding hydrogens is 334 g/mol. The quantitative estimate of drug-likeness (QED) is 0.257. The lowest BCUT2D eigenvalue weighted by Gasteiger charge is -2.08. The predicted octanol–water partition coefficient (Wildman–Crippen LogP) is 2.72. The minimum absolute atomic E-state index is 0.101. The first kappa shape index (κ1) is 16.2. The number of aryl methyl sites for hydroxylation is 1. The summed E-state index contributed by atoms with van der Waals surface area (Å²) in [7, 11) is 2.93. The predicted molar refractivity (Wildman–Crippen MR) is 97.7 cm³/mol. The number of hydrogen-bond donors (Lipinski definition) is 3. The Balaban J connectivity index is 0.000000814. The van der Waals surface area contributed by atoms with Gasteiger partial charge in [-0.05, 0) is 35.7 Å². The van der Waals surface area contributed by atoms with Crippen molar-refractivity contribution in [2.45, 2.75) is 0 Å². The molecule has 0 saturated heterocycles. The molecule has 0 radical (unpaired) electrons. The van der Waals surface area contributed by atoms with Crippen LogP contribution < -0.4 is 14.0 Å². The zero-order valence-electron chi connectivity index (χ0n) is 14.4. The summed E-state index contributed by atoms with van der Waals surface area (Å²) in [6.45, 7) is 0.242. The van der Waals surface area contributed by atoms with Crippen molar-refractivity contribution < 1.29 is 29.4 Å². The van der Waals surface area contributed by atoms with Gasteiger partial charge in [-0.25, -0.2) is 0 Å². The van der Waals surface area contributed by atoms with Gasteiger partial charge in [0.15, 0.2) is 29.2 Å². The lowest BCUT2D eigenvalue weighted by molar-refractivity contribution is -0.642. The molecule has 0 spiro atoms. The van der Waals surface area contributed by atoms with E-state index >= 15 is 0 Å². The topological polar surface area (TPSA) is 83.0 Å². The highest BCUT2D eigenvalue weighted by molar-refractivity contribution is 6.15. The number of aliphatic hydroxyl groups excluding tert-OH is 1. The van der Waals surface area contributed by atoms with Gasteiger partial charge in [-0.15, -0.1) is 0 Å². The van der Waals surface area contributed by atoms with E-state index in [9.17, 15) is 10.2 Å². The number of aromatic hydroxyl groups is 2. The van der Waals surface area contributed by atoms with Crippen LogP contribution in [0.2, 0.25) is 0 Å². The number of rotatable bonds is 0. The zero-order chi connectivity index (χ0) is 18.4. The van der Waals surface area contributed by atoms with Gasteiger partial charge in [-0.3, -0.25) is 0 Å². The van der Waals surface area contributed by atoms with Crippen molar-refractivity contribution in [2.24, 2.45) is 7.05 Å². The fourth-order valence-corrected chi connectivity index (χ4v) is 3.52. The molecule has 3 aromatic carbocycles. The molecule has 0 amide bonds. The maximum Gasteiger partial charge on any atom is 0.231 e. The van der Waals surface area contributed by atoms with Gasteiger partial charge in [0.25, 0.3) is 0 Å². The Kier molecular flexibility index (Phi) is 3.70. The maximum atomic E-state index is 10.2. The summed E-state index contributed by atoms with van der Waals surface area (Å²) in [5.74, 6) is 1.28. The molecule has 0 unspecified atom stereocenters. The normalized spacial score (nSPS) is 12.4. The lowest BCUT2D eigenvalue weighted by atomic mass is 10.00. The molecular formula is C20H18NO5+. The van der Waals surface area contributed by atoms with Crippen molar-refractivity contribution in [3.63, 3.8) is 0 Å². The van der Waals surface area contributed by atoms with Crippen molar-refractivity contribution in [1.82, 2.24) is 0 Å². The molecule has 0 fully saturated rings. The van der Waals surface area contributed by atoms with E-state index in [1.807, 2.05) is 48.1 Å². The Morgan fingerprint density at radius 2 is 1.54 bits per heavy atom. The molecule has 3 N–H and O–H groups in total. The van der Waals surface area contributed by atoms with Gasteiger partial charge in [0.05, 0.1) is 16.2 Å². The van der Waals surface area contributed by atoms with E-state index in [0.29, 0.717) is 5.39 Å². The van der Waals surface area contributed by atoms with E-state index in [2.05, 4.69) is 0 Å². The first-order valence-electron chi connectivity index (χ1n) is 8.07. The van der Waals surface area contributed by atoms with Gasteiger partial charge in [-0.1, -0.05) is 6.07 Å². The number of benzene rings is 3. The van der Waals surface area contributed by atoms with Gasteiger partial charge in [0, 0.05) is 12.5 Å². The average molecular weight is 352 g/mol. The van der Waals surface area contributed by atoms with Crippen molar-refractivity contribution in [2.75, 3.05) is 13.9 Å². The first-order valence-corrected chi connectivity index (χ1v) is 8.07. The Morgan fingerprint density at radius 1 is 0.846 bits per heavy atom.